The third kappa shape index (κ3) is 8.43. The fraction of sp³-hybridized carbons (Fsp3) is 0.417. The Balaban J connectivity index is 1.09. The normalized spacial score (nSPS) is 23.0. The average molecular weight is 1020 g/mol. The lowest BCUT2D eigenvalue weighted by Crippen LogP contribution is -2.54. The van der Waals surface area contributed by atoms with Crippen molar-refractivity contribution in [3.8, 4) is 11.1 Å². The van der Waals surface area contributed by atoms with Crippen LogP contribution in [0.15, 0.2) is 152 Å². The molecule has 392 valence electrons. The highest BCUT2D eigenvalue weighted by Gasteiger charge is 2.57. The van der Waals surface area contributed by atoms with E-state index in [4.69, 9.17) is 11.6 Å². The number of anilines is 8. The molecule has 0 saturated heterocycles. The highest BCUT2D eigenvalue weighted by molar-refractivity contribution is 6.36. The predicted molar refractivity (Wildman–Crippen MR) is 325 cm³/mol. The fourth-order valence-corrected chi connectivity index (χ4v) is 15.5. The van der Waals surface area contributed by atoms with Crippen LogP contribution < -0.4 is 14.7 Å². The highest BCUT2D eigenvalue weighted by Crippen LogP contribution is 2.61. The van der Waals surface area contributed by atoms with E-state index in [-0.39, 0.29) is 32.6 Å². The van der Waals surface area contributed by atoms with Gasteiger partial charge >= 0.3 is 0 Å². The predicted octanol–water partition coefficient (Wildman–Crippen LogP) is 21.4. The van der Waals surface area contributed by atoms with E-state index in [0.717, 1.165) is 63.1 Å². The van der Waals surface area contributed by atoms with Gasteiger partial charge in [-0.15, -0.1) is 0 Å². The molecular weight excluding hydrogens is 942 g/mol. The molecule has 0 N–H and O–H groups in total. The van der Waals surface area contributed by atoms with Crippen molar-refractivity contribution in [2.45, 2.75) is 191 Å². The van der Waals surface area contributed by atoms with E-state index in [9.17, 15) is 0 Å². The first-order valence-electron chi connectivity index (χ1n) is 29.2. The van der Waals surface area contributed by atoms with Crippen molar-refractivity contribution in [2.24, 2.45) is 0 Å². The van der Waals surface area contributed by atoms with Crippen molar-refractivity contribution in [3.05, 3.63) is 190 Å². The number of hydrogen-bond donors (Lipinski definition) is 0. The molecule has 1 heterocycles. The molecular formula is C72H82ClN3. The van der Waals surface area contributed by atoms with Gasteiger partial charge in [-0.25, -0.2) is 0 Å². The lowest BCUT2D eigenvalue weighted by atomic mass is 9.61. The van der Waals surface area contributed by atoms with Crippen molar-refractivity contribution < 1.29 is 0 Å². The molecule has 12 rings (SSSR count). The SMILES string of the molecule is CC1(C)CCC(C)(C)c2cc(N(c3ccc4c(c3)C(C)(C)CCC4(C)C)c3cc(N(c4ccccc4)c4ccc(C5CCCCC5)cc4)cc(-c4ccc(N5c6ccccc6C6(C)CCCCC56C)cc4)c3Cl)ccc21. The summed E-state index contributed by atoms with van der Waals surface area (Å²) < 4.78 is 0. The molecule has 3 nitrogen and oxygen atoms in total. The van der Waals surface area contributed by atoms with Gasteiger partial charge in [-0.05, 0) is 204 Å². The number of fused-ring (bicyclic) bond motifs is 5. The van der Waals surface area contributed by atoms with Gasteiger partial charge in [-0.3, -0.25) is 0 Å². The van der Waals surface area contributed by atoms with Crippen LogP contribution in [0.4, 0.5) is 45.5 Å². The van der Waals surface area contributed by atoms with Crippen molar-refractivity contribution in [2.75, 3.05) is 14.7 Å². The molecule has 4 heteroatoms. The maximum atomic E-state index is 8.30. The van der Waals surface area contributed by atoms with Gasteiger partial charge in [0, 0.05) is 50.8 Å². The van der Waals surface area contributed by atoms with E-state index >= 15 is 0 Å². The summed E-state index contributed by atoms with van der Waals surface area (Å²) >= 11 is 8.30. The minimum atomic E-state index is -0.0261. The van der Waals surface area contributed by atoms with Crippen molar-refractivity contribution in [1.82, 2.24) is 0 Å². The zero-order valence-electron chi connectivity index (χ0n) is 47.4. The van der Waals surface area contributed by atoms with Crippen LogP contribution in [0.1, 0.15) is 192 Å². The minimum Gasteiger partial charge on any atom is -0.334 e. The van der Waals surface area contributed by atoms with Gasteiger partial charge in [0.1, 0.15) is 0 Å². The molecule has 5 aliphatic rings. The second-order valence-corrected chi connectivity index (χ2v) is 27.3. The molecule has 4 aliphatic carbocycles. The Morgan fingerprint density at radius 2 is 0.947 bits per heavy atom. The standard InChI is InChI=1S/C72H82ClN3/c1-67(2)41-43-69(5,6)62-46-55(35-37-59(62)67)75(56-36-38-60-63(47-56)70(7,8)44-42-68(60,3)4)65-48-57(74(52-23-15-12-16-24-52)53-31-27-50(28-32-53)49-21-13-11-14-22-49)45-58(66(65)73)51-29-33-54(34-30-51)76-64-26-18-17-25-61(64)71(9)39-19-20-40-72(71,76)10/h12,15-18,23-38,45-49H,11,13-14,19-22,39-44H2,1-10H3. The Kier molecular flexibility index (Phi) is 12.6. The number of hydrogen-bond acceptors (Lipinski definition) is 3. The Bertz CT molecular complexity index is 3220. The molecule has 2 unspecified atom stereocenters. The number of benzene rings is 7. The molecule has 1 aliphatic heterocycles. The molecule has 0 bridgehead atoms. The van der Waals surface area contributed by atoms with E-state index in [1.54, 1.807) is 0 Å². The molecule has 0 spiro atoms. The van der Waals surface area contributed by atoms with E-state index < -0.39 is 0 Å². The number of rotatable bonds is 9. The first kappa shape index (κ1) is 51.0. The zero-order valence-corrected chi connectivity index (χ0v) is 48.2. The van der Waals surface area contributed by atoms with Gasteiger partial charge in [0.15, 0.2) is 0 Å². The van der Waals surface area contributed by atoms with Crippen LogP contribution in [-0.4, -0.2) is 5.54 Å². The summed E-state index contributed by atoms with van der Waals surface area (Å²) in [6, 6.07) is 58.6. The first-order valence-corrected chi connectivity index (χ1v) is 29.6. The van der Waals surface area contributed by atoms with E-state index in [1.807, 2.05) is 0 Å². The average Bonchev–Trinajstić information content (AvgIpc) is 3.83. The summed E-state index contributed by atoms with van der Waals surface area (Å²) in [4.78, 5) is 7.66. The molecule has 2 atom stereocenters. The van der Waals surface area contributed by atoms with Crippen LogP contribution in [0.5, 0.6) is 0 Å². The summed E-state index contributed by atoms with van der Waals surface area (Å²) in [7, 11) is 0. The van der Waals surface area contributed by atoms with Crippen LogP contribution in [0.2, 0.25) is 5.02 Å². The van der Waals surface area contributed by atoms with Crippen LogP contribution in [0.25, 0.3) is 11.1 Å². The molecule has 2 saturated carbocycles. The first-order chi connectivity index (χ1) is 36.3. The second kappa shape index (κ2) is 18.7. The van der Waals surface area contributed by atoms with Crippen LogP contribution in [0, 0.1) is 0 Å². The van der Waals surface area contributed by atoms with Crippen molar-refractivity contribution in [3.63, 3.8) is 0 Å². The third-order valence-electron chi connectivity index (χ3n) is 20.4. The molecule has 7 aromatic rings. The van der Waals surface area contributed by atoms with Crippen molar-refractivity contribution >= 4 is 57.1 Å². The molecule has 0 amide bonds. The second-order valence-electron chi connectivity index (χ2n) is 27.0. The topological polar surface area (TPSA) is 9.72 Å². The van der Waals surface area contributed by atoms with E-state index in [0.29, 0.717) is 5.92 Å². The lowest BCUT2D eigenvalue weighted by Gasteiger charge is -2.50. The van der Waals surface area contributed by atoms with Gasteiger partial charge in [0.05, 0.1) is 16.2 Å². The molecule has 0 radical (unpaired) electrons. The summed E-state index contributed by atoms with van der Waals surface area (Å²) in [5, 5.41) is 0.741. The Morgan fingerprint density at radius 3 is 1.55 bits per heavy atom. The summed E-state index contributed by atoms with van der Waals surface area (Å²) in [5.74, 6) is 0.626. The van der Waals surface area contributed by atoms with Gasteiger partial charge in [0.25, 0.3) is 0 Å². The largest absolute Gasteiger partial charge is 0.334 e. The number of nitrogens with zero attached hydrogens (tertiary/aromatic N) is 3. The maximum Gasteiger partial charge on any atom is 0.0726 e. The van der Waals surface area contributed by atoms with Gasteiger partial charge in [-0.1, -0.05) is 179 Å². The Morgan fingerprint density at radius 1 is 0.421 bits per heavy atom. The summed E-state index contributed by atoms with van der Waals surface area (Å²) in [6.45, 7) is 24.5. The Labute approximate surface area is 461 Å². The Hall–Kier alpha value is -5.77. The number of para-hydroxylation sites is 2. The molecule has 0 aromatic heterocycles. The molecule has 76 heavy (non-hydrogen) atoms. The van der Waals surface area contributed by atoms with Crippen LogP contribution in [-0.2, 0) is 27.1 Å². The quantitative estimate of drug-likeness (QED) is 0.143. The van der Waals surface area contributed by atoms with Gasteiger partial charge in [0.2, 0.25) is 0 Å². The van der Waals surface area contributed by atoms with Gasteiger partial charge < -0.3 is 14.7 Å². The molecule has 7 aromatic carbocycles. The number of halogens is 1. The monoisotopic (exact) mass is 1020 g/mol. The lowest BCUT2D eigenvalue weighted by molar-refractivity contribution is 0.195. The summed E-state index contributed by atoms with van der Waals surface area (Å²) in [5.41, 5.74) is 20.2. The fourth-order valence-electron chi connectivity index (χ4n) is 15.2. The van der Waals surface area contributed by atoms with E-state index in [2.05, 4.69) is 236 Å². The van der Waals surface area contributed by atoms with Gasteiger partial charge in [-0.2, -0.15) is 0 Å². The summed E-state index contributed by atoms with van der Waals surface area (Å²) in [6.07, 6.45) is 16.0. The van der Waals surface area contributed by atoms with Crippen molar-refractivity contribution in [1.29, 1.82) is 0 Å². The smallest absolute Gasteiger partial charge is 0.0726 e. The van der Waals surface area contributed by atoms with Crippen LogP contribution >= 0.6 is 11.6 Å². The molecule has 2 fully saturated rings. The minimum absolute atomic E-state index is 0.0167. The maximum absolute atomic E-state index is 8.30. The third-order valence-corrected chi connectivity index (χ3v) is 20.8. The zero-order chi connectivity index (χ0) is 53.0. The van der Waals surface area contributed by atoms with E-state index in [1.165, 1.54) is 115 Å². The van der Waals surface area contributed by atoms with Crippen LogP contribution in [0.3, 0.4) is 0 Å². The highest BCUT2D eigenvalue weighted by atomic mass is 35.5.